The molecule has 1 amide bonds. The van der Waals surface area contributed by atoms with Gasteiger partial charge in [-0.1, -0.05) is 11.6 Å². The lowest BCUT2D eigenvalue weighted by Crippen LogP contribution is -2.29. The fraction of sp³-hybridized carbons (Fsp3) is 0.357. The van der Waals surface area contributed by atoms with Gasteiger partial charge in [-0.25, -0.2) is 0 Å². The van der Waals surface area contributed by atoms with Gasteiger partial charge in [-0.05, 0) is 38.0 Å². The maximum atomic E-state index is 12.8. The van der Waals surface area contributed by atoms with Crippen LogP contribution in [0.5, 0.6) is 0 Å². The van der Waals surface area contributed by atoms with Gasteiger partial charge < -0.3 is 4.90 Å². The Morgan fingerprint density at radius 1 is 1.35 bits per heavy atom. The maximum Gasteiger partial charge on any atom is 0.256 e. The van der Waals surface area contributed by atoms with Crippen molar-refractivity contribution in [2.24, 2.45) is 0 Å². The third-order valence-electron chi connectivity index (χ3n) is 4.09. The zero-order chi connectivity index (χ0) is 13.9. The molecule has 0 N–H and O–H groups in total. The number of fused-ring (bicyclic) bond motifs is 5. The predicted molar refractivity (Wildman–Crippen MR) is 74.1 cm³/mol. The van der Waals surface area contributed by atoms with E-state index in [0.717, 1.165) is 36.7 Å². The molecule has 0 spiro atoms. The van der Waals surface area contributed by atoms with Crippen molar-refractivity contribution in [1.82, 2.24) is 19.7 Å². The Labute approximate surface area is 121 Å². The Bertz CT molecular complexity index is 724. The summed E-state index contributed by atoms with van der Waals surface area (Å²) in [6.07, 6.45) is 1.93. The van der Waals surface area contributed by atoms with Crippen molar-refractivity contribution in [1.29, 1.82) is 0 Å². The first kappa shape index (κ1) is 11.9. The second-order valence-corrected chi connectivity index (χ2v) is 5.70. The summed E-state index contributed by atoms with van der Waals surface area (Å²) >= 11 is 6.07. The third-order valence-corrected chi connectivity index (χ3v) is 4.33. The van der Waals surface area contributed by atoms with Crippen LogP contribution in [-0.2, 0) is 0 Å². The molecular weight excluding hydrogens is 276 g/mol. The van der Waals surface area contributed by atoms with Gasteiger partial charge in [-0.3, -0.25) is 9.36 Å². The minimum atomic E-state index is 0.0230. The van der Waals surface area contributed by atoms with Crippen molar-refractivity contribution in [2.45, 2.75) is 25.8 Å². The number of benzene rings is 1. The largest absolute Gasteiger partial charge is 0.328 e. The summed E-state index contributed by atoms with van der Waals surface area (Å²) in [5.74, 6) is 1.69. The summed E-state index contributed by atoms with van der Waals surface area (Å²) in [6, 6.07) is 5.43. The van der Waals surface area contributed by atoms with E-state index in [2.05, 4.69) is 10.2 Å². The number of aromatic nitrogens is 3. The van der Waals surface area contributed by atoms with Gasteiger partial charge in [-0.15, -0.1) is 10.2 Å². The van der Waals surface area contributed by atoms with Crippen LogP contribution < -0.4 is 0 Å². The molecule has 4 rings (SSSR count). The van der Waals surface area contributed by atoms with Crippen molar-refractivity contribution in [2.75, 3.05) is 6.54 Å². The van der Waals surface area contributed by atoms with Gasteiger partial charge >= 0.3 is 0 Å². The zero-order valence-corrected chi connectivity index (χ0v) is 11.8. The lowest BCUT2D eigenvalue weighted by molar-refractivity contribution is 0.0735. The third kappa shape index (κ3) is 1.47. The molecule has 1 aromatic carbocycles. The van der Waals surface area contributed by atoms with Gasteiger partial charge in [0.2, 0.25) is 0 Å². The van der Waals surface area contributed by atoms with Crippen LogP contribution in [0.15, 0.2) is 18.2 Å². The van der Waals surface area contributed by atoms with Crippen LogP contribution in [0.3, 0.4) is 0 Å². The Hall–Kier alpha value is -1.88. The first-order valence-corrected chi connectivity index (χ1v) is 7.07. The van der Waals surface area contributed by atoms with Crippen LogP contribution in [0.4, 0.5) is 0 Å². The number of hydrogen-bond acceptors (Lipinski definition) is 3. The lowest BCUT2D eigenvalue weighted by Gasteiger charge is -2.20. The topological polar surface area (TPSA) is 51.0 Å². The molecule has 5 nitrogen and oxygen atoms in total. The van der Waals surface area contributed by atoms with Crippen LogP contribution in [0, 0.1) is 6.92 Å². The Balaban J connectivity index is 2.06. The van der Waals surface area contributed by atoms with Crippen LogP contribution in [-0.4, -0.2) is 32.1 Å². The van der Waals surface area contributed by atoms with Gasteiger partial charge in [0.1, 0.15) is 5.82 Å². The van der Waals surface area contributed by atoms with E-state index in [1.54, 1.807) is 12.1 Å². The number of nitrogens with zero attached hydrogens (tertiary/aromatic N) is 4. The van der Waals surface area contributed by atoms with E-state index < -0.39 is 0 Å². The number of rotatable bonds is 0. The fourth-order valence-electron chi connectivity index (χ4n) is 3.20. The number of halogens is 1. The van der Waals surface area contributed by atoms with E-state index in [0.29, 0.717) is 10.6 Å². The van der Waals surface area contributed by atoms with Crippen LogP contribution in [0.25, 0.3) is 5.69 Å². The Morgan fingerprint density at radius 3 is 3.05 bits per heavy atom. The molecular formula is C14H13ClN4O. The van der Waals surface area contributed by atoms with Gasteiger partial charge in [0, 0.05) is 11.6 Å². The molecule has 0 bridgehead atoms. The molecule has 20 heavy (non-hydrogen) atoms. The molecule has 0 aliphatic carbocycles. The fourth-order valence-corrected chi connectivity index (χ4v) is 3.37. The van der Waals surface area contributed by atoms with E-state index in [9.17, 15) is 4.79 Å². The first-order valence-electron chi connectivity index (χ1n) is 6.69. The highest BCUT2D eigenvalue weighted by atomic mass is 35.5. The molecule has 0 saturated carbocycles. The molecule has 0 radical (unpaired) electrons. The molecule has 0 unspecified atom stereocenters. The summed E-state index contributed by atoms with van der Waals surface area (Å²) in [5, 5.41) is 9.06. The van der Waals surface area contributed by atoms with Crippen molar-refractivity contribution in [3.63, 3.8) is 0 Å². The minimum Gasteiger partial charge on any atom is -0.328 e. The Kier molecular flexibility index (Phi) is 2.41. The summed E-state index contributed by atoms with van der Waals surface area (Å²) in [6.45, 7) is 2.67. The summed E-state index contributed by atoms with van der Waals surface area (Å²) in [7, 11) is 0. The molecule has 2 aliphatic rings. The maximum absolute atomic E-state index is 12.8. The van der Waals surface area contributed by atoms with Gasteiger partial charge in [0.15, 0.2) is 5.82 Å². The highest BCUT2D eigenvalue weighted by molar-refractivity contribution is 6.31. The molecule has 102 valence electrons. The van der Waals surface area contributed by atoms with Crippen LogP contribution in [0.1, 0.15) is 40.9 Å². The van der Waals surface area contributed by atoms with Gasteiger partial charge in [0.25, 0.3) is 5.91 Å². The molecule has 2 aliphatic heterocycles. The number of carbonyl (C=O) groups excluding carboxylic acids is 1. The van der Waals surface area contributed by atoms with E-state index in [1.807, 2.05) is 22.5 Å². The molecule has 2 aromatic rings. The average Bonchev–Trinajstić information content (AvgIpc) is 3.02. The van der Waals surface area contributed by atoms with Crippen LogP contribution in [0.2, 0.25) is 5.02 Å². The van der Waals surface area contributed by atoms with Gasteiger partial charge in [0.05, 0.1) is 17.3 Å². The van der Waals surface area contributed by atoms with Crippen molar-refractivity contribution < 1.29 is 4.79 Å². The number of carbonyl (C=O) groups is 1. The Morgan fingerprint density at radius 2 is 2.20 bits per heavy atom. The summed E-state index contributed by atoms with van der Waals surface area (Å²) < 4.78 is 1.99. The second-order valence-electron chi connectivity index (χ2n) is 5.26. The normalized spacial score (nSPS) is 20.4. The monoisotopic (exact) mass is 288 g/mol. The summed E-state index contributed by atoms with van der Waals surface area (Å²) in [4.78, 5) is 14.6. The second kappa shape index (κ2) is 4.06. The van der Waals surface area contributed by atoms with E-state index in [1.165, 1.54) is 0 Å². The number of aryl methyl sites for hydroxylation is 1. The van der Waals surface area contributed by atoms with Gasteiger partial charge in [-0.2, -0.15) is 0 Å². The van der Waals surface area contributed by atoms with E-state index in [-0.39, 0.29) is 11.9 Å². The highest BCUT2D eigenvalue weighted by Crippen LogP contribution is 2.38. The van der Waals surface area contributed by atoms with E-state index in [4.69, 9.17) is 11.6 Å². The smallest absolute Gasteiger partial charge is 0.256 e. The number of hydrogen-bond donors (Lipinski definition) is 0. The molecule has 3 heterocycles. The van der Waals surface area contributed by atoms with Crippen LogP contribution >= 0.6 is 11.6 Å². The number of amides is 1. The standard InChI is InChI=1S/C14H13ClN4O/c1-8-16-17-13-12-3-2-6-18(12)14(20)10-7-9(15)4-5-11(10)19(8)13/h4-5,7,12H,2-3,6H2,1H3/t12-/m0/s1. The minimum absolute atomic E-state index is 0.0230. The first-order chi connectivity index (χ1) is 9.66. The van der Waals surface area contributed by atoms with E-state index >= 15 is 0 Å². The quantitative estimate of drug-likeness (QED) is 0.748. The molecule has 6 heteroatoms. The lowest BCUT2D eigenvalue weighted by atomic mass is 10.1. The van der Waals surface area contributed by atoms with Crippen molar-refractivity contribution >= 4 is 17.5 Å². The molecule has 1 atom stereocenters. The zero-order valence-electron chi connectivity index (χ0n) is 11.0. The van der Waals surface area contributed by atoms with Crippen molar-refractivity contribution in [3.05, 3.63) is 40.4 Å². The average molecular weight is 289 g/mol. The molecule has 1 fully saturated rings. The molecule has 1 saturated heterocycles. The predicted octanol–water partition coefficient (Wildman–Crippen LogP) is 2.52. The highest BCUT2D eigenvalue weighted by Gasteiger charge is 2.38. The molecule has 1 aromatic heterocycles. The summed E-state index contributed by atoms with van der Waals surface area (Å²) in [5.41, 5.74) is 1.46. The van der Waals surface area contributed by atoms with Crippen molar-refractivity contribution in [3.8, 4) is 5.69 Å². The SMILES string of the molecule is Cc1nnc2n1-c1ccc(Cl)cc1C(=O)N1CCC[C@@H]21.